The summed E-state index contributed by atoms with van der Waals surface area (Å²) in [7, 11) is 2.22. The number of aromatic nitrogens is 1. The number of rotatable bonds is 3. The topological polar surface area (TPSA) is 16.1 Å². The zero-order valence-corrected chi connectivity index (χ0v) is 10.9. The Kier molecular flexibility index (Phi) is 3.95. The van der Waals surface area contributed by atoms with Crippen molar-refractivity contribution >= 4 is 0 Å². The maximum Gasteiger partial charge on any atom is 0.0572 e. The molecule has 0 N–H and O–H groups in total. The fourth-order valence-corrected chi connectivity index (χ4v) is 2.57. The van der Waals surface area contributed by atoms with Crippen molar-refractivity contribution in [2.24, 2.45) is 0 Å². The number of nitrogens with zero attached hydrogens (tertiary/aromatic N) is 2. The first-order valence-corrected chi connectivity index (χ1v) is 6.48. The normalized spacial score (nSPS) is 19.6. The van der Waals surface area contributed by atoms with Gasteiger partial charge in [0.05, 0.1) is 5.69 Å². The third kappa shape index (κ3) is 2.95. The smallest absolute Gasteiger partial charge is 0.0572 e. The van der Waals surface area contributed by atoms with Gasteiger partial charge in [0.1, 0.15) is 0 Å². The SMILES string of the molecule is C=C1CCC(N(C)C(C)c2ccccn2)CC1. The molecule has 0 bridgehead atoms. The Hall–Kier alpha value is -1.15. The average molecular weight is 230 g/mol. The van der Waals surface area contributed by atoms with Gasteiger partial charge < -0.3 is 0 Å². The summed E-state index contributed by atoms with van der Waals surface area (Å²) in [6.07, 6.45) is 6.73. The van der Waals surface area contributed by atoms with Crippen LogP contribution in [0.1, 0.15) is 44.3 Å². The molecule has 1 unspecified atom stereocenters. The van der Waals surface area contributed by atoms with Crippen molar-refractivity contribution in [2.75, 3.05) is 7.05 Å². The van der Waals surface area contributed by atoms with Crippen LogP contribution in [0.3, 0.4) is 0 Å². The van der Waals surface area contributed by atoms with Crippen molar-refractivity contribution in [1.29, 1.82) is 0 Å². The van der Waals surface area contributed by atoms with E-state index in [1.54, 1.807) is 0 Å². The fraction of sp³-hybridized carbons (Fsp3) is 0.533. The minimum atomic E-state index is 0.396. The maximum absolute atomic E-state index is 4.45. The van der Waals surface area contributed by atoms with Crippen molar-refractivity contribution in [2.45, 2.75) is 44.7 Å². The lowest BCUT2D eigenvalue weighted by Gasteiger charge is -2.35. The van der Waals surface area contributed by atoms with Gasteiger partial charge in [0.2, 0.25) is 0 Å². The lowest BCUT2D eigenvalue weighted by molar-refractivity contribution is 0.155. The summed E-state index contributed by atoms with van der Waals surface area (Å²) in [4.78, 5) is 6.92. The number of pyridine rings is 1. The molecule has 0 saturated heterocycles. The molecule has 0 aromatic carbocycles. The first kappa shape index (κ1) is 12.3. The van der Waals surface area contributed by atoms with Crippen LogP contribution in [0.25, 0.3) is 0 Å². The van der Waals surface area contributed by atoms with Crippen LogP contribution in [0.2, 0.25) is 0 Å². The molecule has 92 valence electrons. The molecule has 1 aromatic rings. The molecule has 0 radical (unpaired) electrons. The number of hydrogen-bond donors (Lipinski definition) is 0. The summed E-state index contributed by atoms with van der Waals surface area (Å²) in [5, 5.41) is 0. The van der Waals surface area contributed by atoms with Crippen LogP contribution in [0.4, 0.5) is 0 Å². The second kappa shape index (κ2) is 5.46. The van der Waals surface area contributed by atoms with E-state index in [1.807, 2.05) is 12.3 Å². The quantitative estimate of drug-likeness (QED) is 0.738. The molecule has 1 heterocycles. The third-order valence-corrected chi connectivity index (χ3v) is 3.96. The molecule has 0 spiro atoms. The molecule has 0 amide bonds. The predicted molar refractivity (Wildman–Crippen MR) is 71.8 cm³/mol. The molecule has 0 aliphatic heterocycles. The number of hydrogen-bond acceptors (Lipinski definition) is 2. The Morgan fingerprint density at radius 1 is 1.35 bits per heavy atom. The van der Waals surface area contributed by atoms with E-state index in [0.29, 0.717) is 12.1 Å². The largest absolute Gasteiger partial charge is 0.295 e. The van der Waals surface area contributed by atoms with Crippen LogP contribution in [0.15, 0.2) is 36.5 Å². The van der Waals surface area contributed by atoms with Crippen LogP contribution in [0.5, 0.6) is 0 Å². The highest BCUT2D eigenvalue weighted by Gasteiger charge is 2.24. The van der Waals surface area contributed by atoms with Gasteiger partial charge in [0.15, 0.2) is 0 Å². The molecule has 1 aromatic heterocycles. The molecule has 2 heteroatoms. The van der Waals surface area contributed by atoms with Crippen molar-refractivity contribution < 1.29 is 0 Å². The van der Waals surface area contributed by atoms with Gasteiger partial charge in [-0.05, 0) is 51.8 Å². The van der Waals surface area contributed by atoms with E-state index in [9.17, 15) is 0 Å². The summed E-state index contributed by atoms with van der Waals surface area (Å²) in [5.74, 6) is 0. The van der Waals surface area contributed by atoms with Gasteiger partial charge >= 0.3 is 0 Å². The van der Waals surface area contributed by atoms with Crippen LogP contribution in [-0.4, -0.2) is 23.0 Å². The fourth-order valence-electron chi connectivity index (χ4n) is 2.57. The van der Waals surface area contributed by atoms with Crippen molar-refractivity contribution in [3.05, 3.63) is 42.2 Å². The molecule has 1 saturated carbocycles. The Labute approximate surface area is 104 Å². The monoisotopic (exact) mass is 230 g/mol. The molecular formula is C15H22N2. The summed E-state index contributed by atoms with van der Waals surface area (Å²) in [6, 6.07) is 7.23. The van der Waals surface area contributed by atoms with Crippen LogP contribution in [0, 0.1) is 0 Å². The van der Waals surface area contributed by atoms with Gasteiger partial charge in [0, 0.05) is 18.3 Å². The Morgan fingerprint density at radius 3 is 2.65 bits per heavy atom. The third-order valence-electron chi connectivity index (χ3n) is 3.96. The second-order valence-corrected chi connectivity index (χ2v) is 5.08. The van der Waals surface area contributed by atoms with Gasteiger partial charge in [-0.15, -0.1) is 0 Å². The summed E-state index contributed by atoms with van der Waals surface area (Å²) < 4.78 is 0. The molecule has 17 heavy (non-hydrogen) atoms. The molecular weight excluding hydrogens is 208 g/mol. The predicted octanol–water partition coefficient (Wildman–Crippen LogP) is 3.57. The zero-order valence-electron chi connectivity index (χ0n) is 10.9. The summed E-state index contributed by atoms with van der Waals surface area (Å²) >= 11 is 0. The van der Waals surface area contributed by atoms with Crippen molar-refractivity contribution in [1.82, 2.24) is 9.88 Å². The summed E-state index contributed by atoms with van der Waals surface area (Å²) in [6.45, 7) is 6.32. The minimum absolute atomic E-state index is 0.396. The first-order chi connectivity index (χ1) is 8.18. The number of allylic oxidation sites excluding steroid dienone is 1. The summed E-state index contributed by atoms with van der Waals surface area (Å²) in [5.41, 5.74) is 2.58. The van der Waals surface area contributed by atoms with E-state index >= 15 is 0 Å². The van der Waals surface area contributed by atoms with Gasteiger partial charge in [-0.1, -0.05) is 18.2 Å². The van der Waals surface area contributed by atoms with Crippen LogP contribution < -0.4 is 0 Å². The van der Waals surface area contributed by atoms with E-state index in [1.165, 1.54) is 37.0 Å². The second-order valence-electron chi connectivity index (χ2n) is 5.08. The standard InChI is InChI=1S/C15H22N2/c1-12-7-9-14(10-8-12)17(3)13(2)15-6-4-5-11-16-15/h4-6,11,13-14H,1,7-10H2,2-3H3. The van der Waals surface area contributed by atoms with E-state index in [-0.39, 0.29) is 0 Å². The lowest BCUT2D eigenvalue weighted by Crippen LogP contribution is -2.36. The van der Waals surface area contributed by atoms with E-state index in [2.05, 4.69) is 42.6 Å². The van der Waals surface area contributed by atoms with E-state index in [4.69, 9.17) is 0 Å². The molecule has 2 rings (SSSR count). The lowest BCUT2D eigenvalue weighted by atomic mass is 9.90. The van der Waals surface area contributed by atoms with Crippen molar-refractivity contribution in [3.63, 3.8) is 0 Å². The molecule has 1 aliphatic carbocycles. The van der Waals surface area contributed by atoms with Crippen LogP contribution >= 0.6 is 0 Å². The van der Waals surface area contributed by atoms with Crippen molar-refractivity contribution in [3.8, 4) is 0 Å². The highest BCUT2D eigenvalue weighted by molar-refractivity contribution is 5.09. The van der Waals surface area contributed by atoms with Gasteiger partial charge in [-0.25, -0.2) is 0 Å². The minimum Gasteiger partial charge on any atom is -0.295 e. The Morgan fingerprint density at radius 2 is 2.06 bits per heavy atom. The Bertz CT molecular complexity index is 362. The average Bonchev–Trinajstić information content (AvgIpc) is 2.39. The van der Waals surface area contributed by atoms with Gasteiger partial charge in [0.25, 0.3) is 0 Å². The Balaban J connectivity index is 2.00. The highest BCUT2D eigenvalue weighted by atomic mass is 15.2. The van der Waals surface area contributed by atoms with Gasteiger partial charge in [-0.2, -0.15) is 0 Å². The molecule has 2 nitrogen and oxygen atoms in total. The van der Waals surface area contributed by atoms with E-state index < -0.39 is 0 Å². The molecule has 1 aliphatic rings. The maximum atomic E-state index is 4.45. The van der Waals surface area contributed by atoms with E-state index in [0.717, 1.165) is 0 Å². The highest BCUT2D eigenvalue weighted by Crippen LogP contribution is 2.29. The first-order valence-electron chi connectivity index (χ1n) is 6.48. The van der Waals surface area contributed by atoms with Crippen LogP contribution in [-0.2, 0) is 0 Å². The zero-order chi connectivity index (χ0) is 12.3. The molecule has 1 fully saturated rings. The van der Waals surface area contributed by atoms with Gasteiger partial charge in [-0.3, -0.25) is 9.88 Å². The molecule has 1 atom stereocenters.